The summed E-state index contributed by atoms with van der Waals surface area (Å²) in [5.41, 5.74) is -1.22. The number of esters is 6. The number of carbonyl (C=O) groups is 6. The number of hydrogen-bond acceptors (Lipinski definition) is 16. The molecule has 0 aromatic carbocycles. The van der Waals surface area contributed by atoms with Gasteiger partial charge in [0.2, 0.25) is 0 Å². The zero-order valence-corrected chi connectivity index (χ0v) is 22.8. The van der Waals surface area contributed by atoms with E-state index in [4.69, 9.17) is 28.4 Å². The van der Waals surface area contributed by atoms with Crippen molar-refractivity contribution < 1.29 is 57.2 Å². The lowest BCUT2D eigenvalue weighted by Crippen LogP contribution is -2.14. The summed E-state index contributed by atoms with van der Waals surface area (Å²) in [5, 5.41) is 0. The van der Waals surface area contributed by atoms with Gasteiger partial charge in [0.05, 0.1) is 51.1 Å². The van der Waals surface area contributed by atoms with E-state index in [-0.39, 0.29) is 40.4 Å². The van der Waals surface area contributed by atoms with Crippen LogP contribution in [0.15, 0.2) is 8.42 Å². The Bertz CT molecular complexity index is 1130. The van der Waals surface area contributed by atoms with Crippen molar-refractivity contribution in [2.75, 3.05) is 42.7 Å². The monoisotopic (exact) mass is 578 g/mol. The third kappa shape index (κ3) is 5.66. The van der Waals surface area contributed by atoms with Gasteiger partial charge in [0.15, 0.2) is 0 Å². The van der Waals surface area contributed by atoms with Crippen LogP contribution in [-0.4, -0.2) is 78.5 Å². The van der Waals surface area contributed by atoms with Gasteiger partial charge in [-0.3, -0.25) is 0 Å². The van der Waals surface area contributed by atoms with Gasteiger partial charge >= 0.3 is 35.8 Å². The molecule has 0 bridgehead atoms. The minimum atomic E-state index is -0.976. The van der Waals surface area contributed by atoms with Gasteiger partial charge in [-0.1, -0.05) is 0 Å². The van der Waals surface area contributed by atoms with E-state index in [2.05, 4.69) is 0 Å². The van der Waals surface area contributed by atoms with Crippen molar-refractivity contribution in [1.82, 2.24) is 0 Å². The summed E-state index contributed by atoms with van der Waals surface area (Å²) in [6, 6.07) is 0. The summed E-state index contributed by atoms with van der Waals surface area (Å²) < 4.78 is 28.7. The van der Waals surface area contributed by atoms with E-state index in [1.165, 1.54) is 0 Å². The van der Waals surface area contributed by atoms with Crippen LogP contribution in [0, 0.1) is 0 Å². The first-order valence-electron chi connectivity index (χ1n) is 9.29. The molecule has 194 valence electrons. The summed E-state index contributed by atoms with van der Waals surface area (Å²) in [4.78, 5) is 74.1. The molecule has 0 saturated heterocycles. The lowest BCUT2D eigenvalue weighted by Gasteiger charge is -2.06. The number of methoxy groups -OCH3 is 6. The second-order valence-corrected chi connectivity index (χ2v) is 10.8. The molecule has 0 radical (unpaired) electrons. The van der Waals surface area contributed by atoms with Crippen molar-refractivity contribution in [3.8, 4) is 0 Å². The Morgan fingerprint density at radius 3 is 0.944 bits per heavy atom. The van der Waals surface area contributed by atoms with Crippen LogP contribution in [0.4, 0.5) is 0 Å². The highest BCUT2D eigenvalue weighted by molar-refractivity contribution is 8.77. The molecule has 0 atom stereocenters. The molecule has 36 heavy (non-hydrogen) atoms. The van der Waals surface area contributed by atoms with E-state index in [9.17, 15) is 28.8 Å². The lowest BCUT2D eigenvalue weighted by molar-refractivity contribution is 0.0538. The molecule has 0 aliphatic heterocycles. The van der Waals surface area contributed by atoms with Crippen LogP contribution in [0.5, 0.6) is 0 Å². The molecule has 2 aromatic rings. The smallest absolute Gasteiger partial charge is 0.348 e. The second kappa shape index (κ2) is 12.8. The van der Waals surface area contributed by atoms with Crippen LogP contribution < -0.4 is 0 Å². The van der Waals surface area contributed by atoms with Crippen LogP contribution in [0.25, 0.3) is 0 Å². The molecule has 2 rings (SSSR count). The van der Waals surface area contributed by atoms with Crippen LogP contribution >= 0.6 is 44.3 Å². The third-order valence-electron chi connectivity index (χ3n) is 4.24. The van der Waals surface area contributed by atoms with Crippen molar-refractivity contribution in [3.63, 3.8) is 0 Å². The predicted octanol–water partition coefficient (Wildman–Crippen LogP) is 3.33. The van der Waals surface area contributed by atoms with Crippen molar-refractivity contribution in [3.05, 3.63) is 32.0 Å². The summed E-state index contributed by atoms with van der Waals surface area (Å²) in [5.74, 6) is -5.61. The van der Waals surface area contributed by atoms with Gasteiger partial charge in [0.25, 0.3) is 0 Å². The fraction of sp³-hybridized carbons (Fsp3) is 0.300. The molecule has 16 heteroatoms. The van der Waals surface area contributed by atoms with Gasteiger partial charge in [-0.2, -0.15) is 0 Å². The molecule has 0 aliphatic rings. The molecule has 0 spiro atoms. The molecule has 0 fully saturated rings. The third-order valence-corrected chi connectivity index (χ3v) is 9.85. The summed E-state index contributed by atoms with van der Waals surface area (Å²) in [6.07, 6.45) is 0. The maximum atomic E-state index is 12.6. The predicted molar refractivity (Wildman–Crippen MR) is 128 cm³/mol. The van der Waals surface area contributed by atoms with Crippen molar-refractivity contribution in [1.29, 1.82) is 0 Å². The maximum Gasteiger partial charge on any atom is 0.348 e. The van der Waals surface area contributed by atoms with Gasteiger partial charge in [-0.15, -0.1) is 22.7 Å². The van der Waals surface area contributed by atoms with E-state index < -0.39 is 35.8 Å². The van der Waals surface area contributed by atoms with Gasteiger partial charge < -0.3 is 28.4 Å². The quantitative estimate of drug-likeness (QED) is 0.242. The molecule has 12 nitrogen and oxygen atoms in total. The Balaban J connectivity index is 2.70. The largest absolute Gasteiger partial charge is 0.465 e. The van der Waals surface area contributed by atoms with Gasteiger partial charge in [-0.25, -0.2) is 28.8 Å². The Morgan fingerprint density at radius 2 is 0.694 bits per heavy atom. The van der Waals surface area contributed by atoms with Gasteiger partial charge in [0.1, 0.15) is 32.0 Å². The first-order chi connectivity index (χ1) is 17.1. The topological polar surface area (TPSA) is 158 Å². The van der Waals surface area contributed by atoms with E-state index in [0.29, 0.717) is 0 Å². The number of ether oxygens (including phenoxy) is 6. The van der Waals surface area contributed by atoms with Gasteiger partial charge in [-0.05, 0) is 21.6 Å². The van der Waals surface area contributed by atoms with E-state index in [1.54, 1.807) is 0 Å². The SMILES string of the molecule is COC(=O)c1sc(SSc2sc(C(=O)OC)c(C(=O)OC)c2C(=O)OC)c(C(=O)OC)c1C(=O)OC. The Kier molecular flexibility index (Phi) is 10.3. The molecule has 0 aliphatic carbocycles. The first-order valence-corrected chi connectivity index (χ1v) is 13.1. The molecule has 0 N–H and O–H groups in total. The van der Waals surface area contributed by atoms with Crippen molar-refractivity contribution >= 4 is 80.1 Å². The highest BCUT2D eigenvalue weighted by atomic mass is 33.1. The Hall–Kier alpha value is -3.08. The van der Waals surface area contributed by atoms with E-state index >= 15 is 0 Å². The minimum Gasteiger partial charge on any atom is -0.465 e. The zero-order chi connectivity index (χ0) is 27.2. The summed E-state index contributed by atoms with van der Waals surface area (Å²) >= 11 is 1.50. The number of thiophene rings is 2. The fourth-order valence-corrected chi connectivity index (χ4v) is 8.15. The fourth-order valence-electron chi connectivity index (χ4n) is 2.66. The Labute approximate surface area is 219 Å². The highest BCUT2D eigenvalue weighted by Crippen LogP contribution is 2.50. The minimum absolute atomic E-state index is 0.121. The molecule has 0 unspecified atom stereocenters. The number of hydrogen-bond donors (Lipinski definition) is 0. The molecular weight excluding hydrogens is 560 g/mol. The maximum absolute atomic E-state index is 12.6. The number of rotatable bonds is 9. The van der Waals surface area contributed by atoms with Crippen LogP contribution in [-0.2, 0) is 28.4 Å². The van der Waals surface area contributed by atoms with Crippen LogP contribution in [0.3, 0.4) is 0 Å². The molecular formula is C20H18O12S4. The summed E-state index contributed by atoms with van der Waals surface area (Å²) in [6.45, 7) is 0. The standard InChI is InChI=1S/C20H18O12S4/c1-27-13(21)7-9(15(23)29-3)19(33-11(7)17(25)31-5)35-36-20-10(16(24)30-4)8(14(22)28-2)12(34-20)18(26)32-6/h1-6H3. The second-order valence-electron chi connectivity index (χ2n) is 6.05. The lowest BCUT2D eigenvalue weighted by atomic mass is 10.1. The number of carbonyl (C=O) groups excluding carboxylic acids is 6. The molecule has 2 aromatic heterocycles. The van der Waals surface area contributed by atoms with E-state index in [0.717, 1.165) is 86.9 Å². The first kappa shape index (κ1) is 29.2. The molecule has 2 heterocycles. The average molecular weight is 579 g/mol. The van der Waals surface area contributed by atoms with Crippen LogP contribution in [0.1, 0.15) is 60.8 Å². The highest BCUT2D eigenvalue weighted by Gasteiger charge is 2.36. The zero-order valence-electron chi connectivity index (χ0n) is 19.5. The summed E-state index contributed by atoms with van der Waals surface area (Å²) in [7, 11) is 8.21. The Morgan fingerprint density at radius 1 is 0.444 bits per heavy atom. The molecule has 0 saturated carbocycles. The molecule has 0 amide bonds. The average Bonchev–Trinajstić information content (AvgIpc) is 3.48. The van der Waals surface area contributed by atoms with E-state index in [1.807, 2.05) is 0 Å². The van der Waals surface area contributed by atoms with Crippen molar-refractivity contribution in [2.24, 2.45) is 0 Å². The van der Waals surface area contributed by atoms with Gasteiger partial charge in [0, 0.05) is 0 Å². The normalized spacial score (nSPS) is 10.3. The van der Waals surface area contributed by atoms with Crippen LogP contribution in [0.2, 0.25) is 0 Å². The van der Waals surface area contributed by atoms with Crippen molar-refractivity contribution in [2.45, 2.75) is 8.42 Å².